The lowest BCUT2D eigenvalue weighted by atomic mass is 9.48. The molecule has 4 bridgehead atoms. The topological polar surface area (TPSA) is 12.0 Å². The van der Waals surface area contributed by atoms with Crippen LogP contribution in [0.2, 0.25) is 0 Å². The second-order valence-corrected chi connectivity index (χ2v) is 9.69. The first-order chi connectivity index (χ1) is 9.73. The minimum absolute atomic E-state index is 0.693. The summed E-state index contributed by atoms with van der Waals surface area (Å²) >= 11 is 2.15. The Morgan fingerprint density at radius 2 is 1.55 bits per heavy atom. The smallest absolute Gasteiger partial charge is 0.00956 e. The first-order valence-corrected chi connectivity index (χ1v) is 10.2. The van der Waals surface area contributed by atoms with Crippen LogP contribution in [-0.2, 0) is 0 Å². The Bertz CT molecular complexity index is 312. The second kappa shape index (κ2) is 5.50. The lowest BCUT2D eigenvalue weighted by Crippen LogP contribution is -2.55. The van der Waals surface area contributed by atoms with Gasteiger partial charge in [0, 0.05) is 6.04 Å². The van der Waals surface area contributed by atoms with Crippen LogP contribution >= 0.6 is 11.8 Å². The third kappa shape index (κ3) is 2.56. The fourth-order valence-corrected chi connectivity index (χ4v) is 7.42. The fourth-order valence-electron chi connectivity index (χ4n) is 6.22. The van der Waals surface area contributed by atoms with Gasteiger partial charge in [0.25, 0.3) is 0 Å². The van der Waals surface area contributed by atoms with E-state index in [1.165, 1.54) is 30.9 Å². The fraction of sp³-hybridized carbons (Fsp3) is 1.00. The molecule has 0 aromatic carbocycles. The summed E-state index contributed by atoms with van der Waals surface area (Å²) < 4.78 is 0. The van der Waals surface area contributed by atoms with E-state index in [9.17, 15) is 0 Å². The Kier molecular flexibility index (Phi) is 3.83. The monoisotopic (exact) mass is 293 g/mol. The Morgan fingerprint density at radius 1 is 1.00 bits per heavy atom. The Hall–Kier alpha value is 0.310. The van der Waals surface area contributed by atoms with Crippen molar-refractivity contribution < 1.29 is 0 Å². The van der Waals surface area contributed by atoms with Gasteiger partial charge in [-0.15, -0.1) is 0 Å². The van der Waals surface area contributed by atoms with Crippen molar-refractivity contribution in [3.8, 4) is 0 Å². The Balaban J connectivity index is 1.36. The highest BCUT2D eigenvalue weighted by Gasteiger charge is 2.52. The summed E-state index contributed by atoms with van der Waals surface area (Å²) in [5, 5.41) is 4.00. The van der Waals surface area contributed by atoms with Gasteiger partial charge in [0.15, 0.2) is 0 Å². The SMILES string of the molecule is CC(NCC1CCSCC1)C12CC3CC(CC(C3)C1)C2. The lowest BCUT2D eigenvalue weighted by Gasteiger charge is -2.59. The first kappa shape index (κ1) is 13.9. The average molecular weight is 294 g/mol. The summed E-state index contributed by atoms with van der Waals surface area (Å²) in [5.41, 5.74) is 0.693. The number of hydrogen-bond acceptors (Lipinski definition) is 2. The molecule has 0 spiro atoms. The molecule has 114 valence electrons. The maximum atomic E-state index is 4.00. The van der Waals surface area contributed by atoms with Crippen LogP contribution in [0.5, 0.6) is 0 Å². The molecule has 1 nitrogen and oxygen atoms in total. The largest absolute Gasteiger partial charge is 0.313 e. The van der Waals surface area contributed by atoms with Crippen LogP contribution in [0.15, 0.2) is 0 Å². The van der Waals surface area contributed by atoms with E-state index in [0.717, 1.165) is 29.7 Å². The summed E-state index contributed by atoms with van der Waals surface area (Å²) in [4.78, 5) is 0. The van der Waals surface area contributed by atoms with Gasteiger partial charge in [-0.1, -0.05) is 0 Å². The highest BCUT2D eigenvalue weighted by Crippen LogP contribution is 2.61. The number of nitrogens with one attached hydrogen (secondary N) is 1. The van der Waals surface area contributed by atoms with Gasteiger partial charge >= 0.3 is 0 Å². The molecule has 4 saturated carbocycles. The van der Waals surface area contributed by atoms with Crippen molar-refractivity contribution in [3.05, 3.63) is 0 Å². The Labute approximate surface area is 129 Å². The van der Waals surface area contributed by atoms with Gasteiger partial charge in [-0.05, 0) is 105 Å². The zero-order valence-corrected chi connectivity index (χ0v) is 13.9. The second-order valence-electron chi connectivity index (χ2n) is 8.47. The number of thioether (sulfide) groups is 1. The standard InChI is InChI=1S/C18H31NS/c1-13(19-12-14-2-4-20-5-3-14)18-9-15-6-16(10-18)8-17(7-15)11-18/h13-17,19H,2-12H2,1H3. The minimum atomic E-state index is 0.693. The molecule has 0 amide bonds. The zero-order valence-electron chi connectivity index (χ0n) is 13.1. The van der Waals surface area contributed by atoms with Crippen LogP contribution in [0, 0.1) is 29.1 Å². The molecule has 5 aliphatic rings. The van der Waals surface area contributed by atoms with Crippen LogP contribution in [0.1, 0.15) is 58.3 Å². The van der Waals surface area contributed by atoms with E-state index >= 15 is 0 Å². The molecule has 4 aliphatic carbocycles. The van der Waals surface area contributed by atoms with Crippen molar-refractivity contribution in [2.45, 2.75) is 64.3 Å². The van der Waals surface area contributed by atoms with Crippen molar-refractivity contribution in [3.63, 3.8) is 0 Å². The predicted molar refractivity (Wildman–Crippen MR) is 88.1 cm³/mol. The third-order valence-electron chi connectivity index (χ3n) is 7.06. The highest BCUT2D eigenvalue weighted by atomic mass is 32.2. The average Bonchev–Trinajstić information content (AvgIpc) is 2.44. The normalized spacial score (nSPS) is 45.8. The van der Waals surface area contributed by atoms with E-state index < -0.39 is 0 Å². The number of rotatable bonds is 4. The predicted octanol–water partition coefficient (Wildman–Crippen LogP) is 4.32. The van der Waals surface area contributed by atoms with Crippen LogP contribution in [0.4, 0.5) is 0 Å². The van der Waals surface area contributed by atoms with Gasteiger partial charge in [-0.3, -0.25) is 0 Å². The highest BCUT2D eigenvalue weighted by molar-refractivity contribution is 7.99. The van der Waals surface area contributed by atoms with E-state index in [4.69, 9.17) is 0 Å². The van der Waals surface area contributed by atoms with Crippen LogP contribution < -0.4 is 5.32 Å². The maximum absolute atomic E-state index is 4.00. The third-order valence-corrected chi connectivity index (χ3v) is 8.11. The summed E-state index contributed by atoms with van der Waals surface area (Å²) in [6, 6.07) is 0.769. The molecule has 1 atom stereocenters. The molecule has 1 saturated heterocycles. The van der Waals surface area contributed by atoms with Gasteiger partial charge in [0.1, 0.15) is 0 Å². The quantitative estimate of drug-likeness (QED) is 0.828. The van der Waals surface area contributed by atoms with Crippen molar-refractivity contribution in [2.75, 3.05) is 18.1 Å². The first-order valence-electron chi connectivity index (χ1n) is 9.05. The van der Waals surface area contributed by atoms with Crippen LogP contribution in [0.25, 0.3) is 0 Å². The van der Waals surface area contributed by atoms with Gasteiger partial charge < -0.3 is 5.32 Å². The molecular formula is C18H31NS. The van der Waals surface area contributed by atoms with Gasteiger partial charge in [-0.25, -0.2) is 0 Å². The van der Waals surface area contributed by atoms with Gasteiger partial charge in [0.2, 0.25) is 0 Å². The summed E-state index contributed by atoms with van der Waals surface area (Å²) in [5.74, 6) is 7.05. The van der Waals surface area contributed by atoms with Gasteiger partial charge in [0.05, 0.1) is 0 Å². The molecule has 20 heavy (non-hydrogen) atoms. The minimum Gasteiger partial charge on any atom is -0.313 e. The lowest BCUT2D eigenvalue weighted by molar-refractivity contribution is -0.0708. The molecular weight excluding hydrogens is 262 g/mol. The van der Waals surface area contributed by atoms with Gasteiger partial charge in [-0.2, -0.15) is 11.8 Å². The molecule has 2 heteroatoms. The molecule has 1 heterocycles. The van der Waals surface area contributed by atoms with E-state index in [1.54, 1.807) is 38.5 Å². The summed E-state index contributed by atoms with van der Waals surface area (Å²) in [6.07, 6.45) is 12.3. The zero-order chi connectivity index (χ0) is 13.6. The Morgan fingerprint density at radius 3 is 2.10 bits per heavy atom. The van der Waals surface area contributed by atoms with E-state index in [1.807, 2.05) is 0 Å². The van der Waals surface area contributed by atoms with Crippen molar-refractivity contribution in [2.24, 2.45) is 29.1 Å². The summed E-state index contributed by atoms with van der Waals surface area (Å²) in [6.45, 7) is 3.81. The van der Waals surface area contributed by atoms with E-state index in [-0.39, 0.29) is 0 Å². The van der Waals surface area contributed by atoms with Crippen molar-refractivity contribution >= 4 is 11.8 Å². The van der Waals surface area contributed by atoms with Crippen LogP contribution in [0.3, 0.4) is 0 Å². The van der Waals surface area contributed by atoms with Crippen LogP contribution in [-0.4, -0.2) is 24.1 Å². The van der Waals surface area contributed by atoms with Crippen molar-refractivity contribution in [1.82, 2.24) is 5.32 Å². The molecule has 5 fully saturated rings. The molecule has 0 aromatic heterocycles. The van der Waals surface area contributed by atoms with E-state index in [2.05, 4.69) is 24.0 Å². The molecule has 0 radical (unpaired) electrons. The molecule has 5 rings (SSSR count). The molecule has 1 N–H and O–H groups in total. The van der Waals surface area contributed by atoms with E-state index in [0.29, 0.717) is 5.41 Å². The maximum Gasteiger partial charge on any atom is 0.00956 e. The summed E-state index contributed by atoms with van der Waals surface area (Å²) in [7, 11) is 0. The molecule has 1 unspecified atom stereocenters. The van der Waals surface area contributed by atoms with Crippen molar-refractivity contribution in [1.29, 1.82) is 0 Å². The molecule has 0 aromatic rings. The number of hydrogen-bond donors (Lipinski definition) is 1. The molecule has 1 aliphatic heterocycles.